The number of aliphatic imine (C=N–C) groups is 1. The van der Waals surface area contributed by atoms with Gasteiger partial charge in [0.25, 0.3) is 0 Å². The van der Waals surface area contributed by atoms with Crippen molar-refractivity contribution in [1.82, 2.24) is 0 Å². The van der Waals surface area contributed by atoms with Crippen molar-refractivity contribution in [3.63, 3.8) is 0 Å². The predicted molar refractivity (Wildman–Crippen MR) is 55.3 cm³/mol. The Hall–Kier alpha value is -0.790. The molecule has 0 radical (unpaired) electrons. The van der Waals surface area contributed by atoms with Crippen LogP contribution in [0.15, 0.2) is 16.8 Å². The summed E-state index contributed by atoms with van der Waals surface area (Å²) in [7, 11) is 1.82. The summed E-state index contributed by atoms with van der Waals surface area (Å²) in [5, 5.41) is 0. The van der Waals surface area contributed by atoms with Crippen LogP contribution in [0.2, 0.25) is 0 Å². The minimum Gasteiger partial charge on any atom is -0.404 e. The zero-order valence-corrected chi connectivity index (χ0v) is 8.76. The third kappa shape index (κ3) is 2.68. The van der Waals surface area contributed by atoms with Crippen molar-refractivity contribution in [3.05, 3.63) is 11.8 Å². The zero-order valence-electron chi connectivity index (χ0n) is 8.76. The minimum atomic E-state index is 0.451. The number of allylic oxidation sites excluding steroid dienone is 1. The molecule has 0 bridgehead atoms. The second-order valence-electron chi connectivity index (χ2n) is 3.54. The van der Waals surface area contributed by atoms with Crippen LogP contribution in [-0.4, -0.2) is 12.8 Å². The van der Waals surface area contributed by atoms with Crippen molar-refractivity contribution in [2.24, 2.45) is 22.6 Å². The first-order valence-electron chi connectivity index (χ1n) is 4.43. The molecule has 0 aliphatic heterocycles. The molecular weight excluding hydrogens is 148 g/mol. The van der Waals surface area contributed by atoms with Gasteiger partial charge in [-0.25, -0.2) is 0 Å². The van der Waals surface area contributed by atoms with Crippen molar-refractivity contribution >= 4 is 5.71 Å². The lowest BCUT2D eigenvalue weighted by Gasteiger charge is -2.16. The van der Waals surface area contributed by atoms with Crippen LogP contribution in [0, 0.1) is 11.8 Å². The molecule has 0 aromatic carbocycles. The summed E-state index contributed by atoms with van der Waals surface area (Å²) in [5.74, 6) is 0.906. The Balaban J connectivity index is 4.73. The number of rotatable bonds is 3. The third-order valence-electron chi connectivity index (χ3n) is 1.89. The summed E-state index contributed by atoms with van der Waals surface area (Å²) in [6.45, 7) is 8.53. The van der Waals surface area contributed by atoms with Gasteiger partial charge in [-0.2, -0.15) is 0 Å². The smallest absolute Gasteiger partial charge is 0.0419 e. The molecule has 0 aliphatic rings. The van der Waals surface area contributed by atoms with Crippen LogP contribution in [0.1, 0.15) is 27.7 Å². The van der Waals surface area contributed by atoms with Gasteiger partial charge in [-0.15, -0.1) is 0 Å². The van der Waals surface area contributed by atoms with E-state index in [1.54, 1.807) is 6.20 Å². The molecule has 0 rings (SSSR count). The molecule has 0 aromatic rings. The van der Waals surface area contributed by atoms with Crippen LogP contribution in [0.3, 0.4) is 0 Å². The monoisotopic (exact) mass is 168 g/mol. The second-order valence-corrected chi connectivity index (χ2v) is 3.54. The Kier molecular flexibility index (Phi) is 4.64. The maximum atomic E-state index is 5.55. The van der Waals surface area contributed by atoms with Gasteiger partial charge in [0, 0.05) is 12.8 Å². The fourth-order valence-electron chi connectivity index (χ4n) is 1.29. The van der Waals surface area contributed by atoms with E-state index < -0.39 is 0 Å². The molecule has 2 nitrogen and oxygen atoms in total. The van der Waals surface area contributed by atoms with E-state index in [1.165, 1.54) is 0 Å². The molecule has 70 valence electrons. The van der Waals surface area contributed by atoms with E-state index >= 15 is 0 Å². The highest BCUT2D eigenvalue weighted by molar-refractivity contribution is 6.01. The first-order valence-corrected chi connectivity index (χ1v) is 4.43. The molecule has 2 N–H and O–H groups in total. The largest absolute Gasteiger partial charge is 0.404 e. The lowest BCUT2D eigenvalue weighted by atomic mass is 9.92. The molecular formula is C10H20N2. The summed E-state index contributed by atoms with van der Waals surface area (Å²) in [5.41, 5.74) is 7.82. The average Bonchev–Trinajstić information content (AvgIpc) is 1.98. The van der Waals surface area contributed by atoms with Crippen LogP contribution in [0.25, 0.3) is 0 Å². The number of hydrogen-bond donors (Lipinski definition) is 1. The van der Waals surface area contributed by atoms with Crippen molar-refractivity contribution in [2.45, 2.75) is 27.7 Å². The molecule has 0 amide bonds. The summed E-state index contributed by atoms with van der Waals surface area (Å²) in [4.78, 5) is 4.25. The molecule has 0 saturated heterocycles. The Morgan fingerprint density at radius 3 is 1.75 bits per heavy atom. The van der Waals surface area contributed by atoms with Gasteiger partial charge in [0.15, 0.2) is 0 Å². The zero-order chi connectivity index (χ0) is 9.72. The topological polar surface area (TPSA) is 38.4 Å². The maximum absolute atomic E-state index is 5.55. The summed E-state index contributed by atoms with van der Waals surface area (Å²) < 4.78 is 0. The van der Waals surface area contributed by atoms with Crippen LogP contribution >= 0.6 is 0 Å². The Morgan fingerprint density at radius 2 is 1.67 bits per heavy atom. The highest BCUT2D eigenvalue weighted by Crippen LogP contribution is 2.15. The minimum absolute atomic E-state index is 0.451. The van der Waals surface area contributed by atoms with Gasteiger partial charge in [0.05, 0.1) is 0 Å². The molecule has 0 aliphatic carbocycles. The standard InChI is InChI=1S/C10H20N2/c1-7(2)9(6-11)10(12-5)8(3)4/h6-8H,11H2,1-5H3. The normalized spacial score (nSPS) is 14.6. The SMILES string of the molecule is CN=C(C(=CN)C(C)C)C(C)C. The van der Waals surface area contributed by atoms with Crippen molar-refractivity contribution in [1.29, 1.82) is 0 Å². The van der Waals surface area contributed by atoms with E-state index in [2.05, 4.69) is 32.7 Å². The number of nitrogens with zero attached hydrogens (tertiary/aromatic N) is 1. The van der Waals surface area contributed by atoms with Gasteiger partial charge in [0.1, 0.15) is 0 Å². The Bertz CT molecular complexity index is 166. The summed E-state index contributed by atoms with van der Waals surface area (Å²) in [6, 6.07) is 0. The molecule has 0 spiro atoms. The molecule has 2 heteroatoms. The first-order chi connectivity index (χ1) is 5.54. The van der Waals surface area contributed by atoms with Gasteiger partial charge >= 0.3 is 0 Å². The van der Waals surface area contributed by atoms with Gasteiger partial charge < -0.3 is 5.73 Å². The van der Waals surface area contributed by atoms with Crippen LogP contribution in [0.4, 0.5) is 0 Å². The Morgan fingerprint density at radius 1 is 1.17 bits per heavy atom. The van der Waals surface area contributed by atoms with Crippen molar-refractivity contribution in [2.75, 3.05) is 7.05 Å². The summed E-state index contributed by atoms with van der Waals surface area (Å²) in [6.07, 6.45) is 1.67. The van der Waals surface area contributed by atoms with Gasteiger partial charge in [-0.1, -0.05) is 27.7 Å². The van der Waals surface area contributed by atoms with Crippen LogP contribution < -0.4 is 5.73 Å². The quantitative estimate of drug-likeness (QED) is 0.645. The van der Waals surface area contributed by atoms with E-state index in [-0.39, 0.29) is 0 Å². The first kappa shape index (κ1) is 11.2. The maximum Gasteiger partial charge on any atom is 0.0419 e. The van der Waals surface area contributed by atoms with E-state index in [0.717, 1.165) is 11.3 Å². The molecule has 0 heterocycles. The predicted octanol–water partition coefficient (Wildman–Crippen LogP) is 2.21. The molecule has 0 fully saturated rings. The van der Waals surface area contributed by atoms with Gasteiger partial charge in [0.2, 0.25) is 0 Å². The van der Waals surface area contributed by atoms with Crippen LogP contribution in [-0.2, 0) is 0 Å². The fourth-order valence-corrected chi connectivity index (χ4v) is 1.29. The van der Waals surface area contributed by atoms with Gasteiger partial charge in [-0.05, 0) is 23.6 Å². The number of hydrogen-bond acceptors (Lipinski definition) is 2. The van der Waals surface area contributed by atoms with E-state index in [1.807, 2.05) is 7.05 Å². The molecule has 0 unspecified atom stereocenters. The lowest BCUT2D eigenvalue weighted by Crippen LogP contribution is -2.16. The summed E-state index contributed by atoms with van der Waals surface area (Å²) >= 11 is 0. The van der Waals surface area contributed by atoms with Gasteiger partial charge in [-0.3, -0.25) is 4.99 Å². The second kappa shape index (κ2) is 4.96. The van der Waals surface area contributed by atoms with Crippen molar-refractivity contribution < 1.29 is 0 Å². The van der Waals surface area contributed by atoms with Crippen LogP contribution in [0.5, 0.6) is 0 Å². The highest BCUT2D eigenvalue weighted by Gasteiger charge is 2.12. The van der Waals surface area contributed by atoms with E-state index in [4.69, 9.17) is 5.73 Å². The Labute approximate surface area is 75.6 Å². The molecule has 0 saturated carbocycles. The highest BCUT2D eigenvalue weighted by atomic mass is 14.7. The lowest BCUT2D eigenvalue weighted by molar-refractivity contribution is 0.770. The van der Waals surface area contributed by atoms with E-state index in [9.17, 15) is 0 Å². The third-order valence-corrected chi connectivity index (χ3v) is 1.89. The fraction of sp³-hybridized carbons (Fsp3) is 0.700. The average molecular weight is 168 g/mol. The molecule has 0 aromatic heterocycles. The van der Waals surface area contributed by atoms with Crippen molar-refractivity contribution in [3.8, 4) is 0 Å². The molecule has 12 heavy (non-hydrogen) atoms. The van der Waals surface area contributed by atoms with E-state index in [0.29, 0.717) is 11.8 Å². The number of nitrogens with two attached hydrogens (primary N) is 1. The molecule has 0 atom stereocenters.